The fourth-order valence-corrected chi connectivity index (χ4v) is 4.43. The Balaban J connectivity index is 1.53. The maximum Gasteiger partial charge on any atom is 0.337 e. The summed E-state index contributed by atoms with van der Waals surface area (Å²) in [6, 6.07) is 4.55. The van der Waals surface area contributed by atoms with Crippen molar-refractivity contribution in [3.05, 3.63) is 35.4 Å². The maximum absolute atomic E-state index is 12.9. The first kappa shape index (κ1) is 22.8. The molecule has 0 aliphatic carbocycles. The average Bonchev–Trinajstić information content (AvgIpc) is 3.55. The van der Waals surface area contributed by atoms with E-state index in [-0.39, 0.29) is 5.92 Å². The van der Waals surface area contributed by atoms with Crippen molar-refractivity contribution in [1.82, 2.24) is 20.1 Å². The lowest BCUT2D eigenvalue weighted by molar-refractivity contribution is -0.136. The van der Waals surface area contributed by atoms with Gasteiger partial charge in [0, 0.05) is 26.1 Å². The molecule has 0 spiro atoms. The number of aromatic nitrogens is 3. The van der Waals surface area contributed by atoms with Crippen molar-refractivity contribution in [2.45, 2.75) is 52.1 Å². The molecule has 1 aromatic heterocycles. The molecule has 1 aromatic carbocycles. The van der Waals surface area contributed by atoms with Crippen LogP contribution in [0.15, 0.2) is 18.2 Å². The van der Waals surface area contributed by atoms with Crippen LogP contribution in [0, 0.1) is 5.92 Å². The van der Waals surface area contributed by atoms with Gasteiger partial charge in [-0.2, -0.15) is 0 Å². The first-order valence-electron chi connectivity index (χ1n) is 11.4. The van der Waals surface area contributed by atoms with Gasteiger partial charge in [0.25, 0.3) is 0 Å². The van der Waals surface area contributed by atoms with Crippen molar-refractivity contribution in [1.29, 1.82) is 0 Å². The van der Waals surface area contributed by atoms with E-state index < -0.39 is 23.8 Å². The number of methoxy groups -OCH3 is 1. The molecule has 0 saturated carbocycles. The Bertz CT molecular complexity index is 1060. The molecule has 2 aliphatic heterocycles. The van der Waals surface area contributed by atoms with Crippen molar-refractivity contribution in [3.8, 4) is 0 Å². The molecule has 4 rings (SSSR count). The normalized spacial score (nSPS) is 15.9. The highest BCUT2D eigenvalue weighted by molar-refractivity contribution is 6.40. The lowest BCUT2D eigenvalue weighted by Crippen LogP contribution is -2.40. The number of ether oxygens (including phenoxy) is 1. The zero-order valence-corrected chi connectivity index (χ0v) is 19.3. The number of nitrogens with zero attached hydrogens (tertiary/aromatic N) is 4. The van der Waals surface area contributed by atoms with E-state index in [1.165, 1.54) is 7.11 Å². The predicted molar refractivity (Wildman–Crippen MR) is 122 cm³/mol. The molecule has 1 unspecified atom stereocenters. The van der Waals surface area contributed by atoms with Crippen LogP contribution in [0.4, 0.5) is 11.4 Å². The number of fused-ring (bicyclic) bond motifs is 1. The third kappa shape index (κ3) is 4.69. The topological polar surface area (TPSA) is 118 Å². The van der Waals surface area contributed by atoms with Crippen molar-refractivity contribution < 1.29 is 19.1 Å². The second kappa shape index (κ2) is 9.60. The van der Waals surface area contributed by atoms with Crippen molar-refractivity contribution in [3.63, 3.8) is 0 Å². The van der Waals surface area contributed by atoms with Crippen LogP contribution in [0.2, 0.25) is 0 Å². The van der Waals surface area contributed by atoms with E-state index in [1.807, 2.05) is 18.4 Å². The number of esters is 1. The number of carbonyl (C=O) groups is 3. The minimum absolute atomic E-state index is 0.0125. The molecule has 0 radical (unpaired) electrons. The third-order valence-corrected chi connectivity index (χ3v) is 6.19. The molecule has 2 amide bonds. The van der Waals surface area contributed by atoms with Gasteiger partial charge in [-0.05, 0) is 43.4 Å². The van der Waals surface area contributed by atoms with Crippen molar-refractivity contribution in [2.75, 3.05) is 30.4 Å². The summed E-state index contributed by atoms with van der Waals surface area (Å²) < 4.78 is 6.83. The highest BCUT2D eigenvalue weighted by Gasteiger charge is 2.30. The van der Waals surface area contributed by atoms with Crippen LogP contribution in [-0.4, -0.2) is 52.7 Å². The minimum Gasteiger partial charge on any atom is -0.465 e. The smallest absolute Gasteiger partial charge is 0.337 e. The van der Waals surface area contributed by atoms with E-state index in [0.29, 0.717) is 17.1 Å². The number of hydrogen-bond acceptors (Lipinski definition) is 7. The van der Waals surface area contributed by atoms with Gasteiger partial charge in [0.15, 0.2) is 5.82 Å². The molecule has 10 nitrogen and oxygen atoms in total. The fraction of sp³-hybridized carbons (Fsp3) is 0.522. The summed E-state index contributed by atoms with van der Waals surface area (Å²) in [4.78, 5) is 39.9. The Labute approximate surface area is 192 Å². The summed E-state index contributed by atoms with van der Waals surface area (Å²) in [6.45, 7) is 6.43. The number of carbonyl (C=O) groups excluding carboxylic acids is 3. The largest absolute Gasteiger partial charge is 0.465 e. The highest BCUT2D eigenvalue weighted by Crippen LogP contribution is 2.31. The average molecular weight is 455 g/mol. The van der Waals surface area contributed by atoms with Gasteiger partial charge in [-0.15, -0.1) is 10.2 Å². The molecular weight excluding hydrogens is 424 g/mol. The summed E-state index contributed by atoms with van der Waals surface area (Å²) in [5.74, 6) is -0.487. The fourth-order valence-electron chi connectivity index (χ4n) is 4.43. The number of nitrogens with one attached hydrogen (secondary N) is 2. The van der Waals surface area contributed by atoms with Gasteiger partial charge in [-0.3, -0.25) is 9.59 Å². The molecular formula is C23H30N6O4. The molecule has 1 fully saturated rings. The summed E-state index contributed by atoms with van der Waals surface area (Å²) in [5, 5.41) is 14.0. The standard InChI is InChI=1S/C23H30N6O4/c1-14(2)19(20-27-26-18-7-6-12-29(18)20)25-22(31)21(30)24-16-13-15(23(32)33-3)8-9-17(16)28-10-4-5-11-28/h8-9,13-14,19H,4-7,10-12H2,1-3H3,(H,24,30)(H,25,31). The van der Waals surface area contributed by atoms with E-state index >= 15 is 0 Å². The molecule has 0 bridgehead atoms. The van der Waals surface area contributed by atoms with E-state index in [4.69, 9.17) is 4.74 Å². The highest BCUT2D eigenvalue weighted by atomic mass is 16.5. The Hall–Kier alpha value is -3.43. The molecule has 10 heteroatoms. The molecule has 2 N–H and O–H groups in total. The van der Waals surface area contributed by atoms with E-state index in [1.54, 1.807) is 18.2 Å². The first-order valence-corrected chi connectivity index (χ1v) is 11.4. The van der Waals surface area contributed by atoms with Crippen LogP contribution in [0.5, 0.6) is 0 Å². The van der Waals surface area contributed by atoms with Gasteiger partial charge in [0.05, 0.1) is 30.1 Å². The number of amides is 2. The van der Waals surface area contributed by atoms with Crippen LogP contribution in [0.1, 0.15) is 61.2 Å². The predicted octanol–water partition coefficient (Wildman–Crippen LogP) is 2.06. The van der Waals surface area contributed by atoms with Crippen LogP contribution in [0.25, 0.3) is 0 Å². The lowest BCUT2D eigenvalue weighted by Gasteiger charge is -2.23. The molecule has 3 heterocycles. The van der Waals surface area contributed by atoms with E-state index in [2.05, 4.69) is 25.7 Å². The quantitative estimate of drug-likeness (QED) is 0.507. The maximum atomic E-state index is 12.9. The number of benzene rings is 1. The first-order chi connectivity index (χ1) is 15.9. The number of hydrogen-bond donors (Lipinski definition) is 2. The molecule has 1 atom stereocenters. The van der Waals surface area contributed by atoms with Gasteiger partial charge < -0.3 is 24.8 Å². The van der Waals surface area contributed by atoms with Crippen LogP contribution in [-0.2, 0) is 27.3 Å². The van der Waals surface area contributed by atoms with Crippen LogP contribution in [0.3, 0.4) is 0 Å². The minimum atomic E-state index is -0.802. The van der Waals surface area contributed by atoms with Crippen LogP contribution < -0.4 is 15.5 Å². The van der Waals surface area contributed by atoms with E-state index in [0.717, 1.165) is 56.8 Å². The van der Waals surface area contributed by atoms with Gasteiger partial charge in [-0.1, -0.05) is 13.8 Å². The summed E-state index contributed by atoms with van der Waals surface area (Å²) >= 11 is 0. The number of aryl methyl sites for hydroxylation is 1. The van der Waals surface area contributed by atoms with Gasteiger partial charge >= 0.3 is 17.8 Å². The Morgan fingerprint density at radius 2 is 1.79 bits per heavy atom. The van der Waals surface area contributed by atoms with Crippen LogP contribution >= 0.6 is 0 Å². The van der Waals surface area contributed by atoms with Gasteiger partial charge in [-0.25, -0.2) is 4.79 Å². The monoisotopic (exact) mass is 454 g/mol. The molecule has 2 aliphatic rings. The summed E-state index contributed by atoms with van der Waals surface area (Å²) in [5.41, 5.74) is 1.48. The zero-order chi connectivity index (χ0) is 23.5. The SMILES string of the molecule is COC(=O)c1ccc(N2CCCC2)c(NC(=O)C(=O)NC(c2nnc3n2CCC3)C(C)C)c1. The second-order valence-corrected chi connectivity index (χ2v) is 8.80. The molecule has 1 saturated heterocycles. The van der Waals surface area contributed by atoms with Gasteiger partial charge in [0.2, 0.25) is 0 Å². The molecule has 176 valence electrons. The third-order valence-electron chi connectivity index (χ3n) is 6.19. The Kier molecular flexibility index (Phi) is 6.62. The molecule has 2 aromatic rings. The van der Waals surface area contributed by atoms with E-state index in [9.17, 15) is 14.4 Å². The number of anilines is 2. The zero-order valence-electron chi connectivity index (χ0n) is 19.3. The Morgan fingerprint density at radius 1 is 1.03 bits per heavy atom. The van der Waals surface area contributed by atoms with Crippen molar-refractivity contribution >= 4 is 29.2 Å². The van der Waals surface area contributed by atoms with Crippen molar-refractivity contribution in [2.24, 2.45) is 5.92 Å². The lowest BCUT2D eigenvalue weighted by atomic mass is 10.0. The summed E-state index contributed by atoms with van der Waals surface area (Å²) in [6.07, 6.45) is 3.95. The number of rotatable bonds is 6. The molecule has 33 heavy (non-hydrogen) atoms. The summed E-state index contributed by atoms with van der Waals surface area (Å²) in [7, 11) is 1.30. The van der Waals surface area contributed by atoms with Gasteiger partial charge in [0.1, 0.15) is 5.82 Å². The Morgan fingerprint density at radius 3 is 2.48 bits per heavy atom. The second-order valence-electron chi connectivity index (χ2n) is 8.80.